The number of amides is 2. The van der Waals surface area contributed by atoms with Crippen LogP contribution in [0.25, 0.3) is 5.57 Å². The van der Waals surface area contributed by atoms with Gasteiger partial charge in [0.2, 0.25) is 5.91 Å². The van der Waals surface area contributed by atoms with E-state index in [9.17, 15) is 37.7 Å². The summed E-state index contributed by atoms with van der Waals surface area (Å²) in [6.07, 6.45) is 1.32. The van der Waals surface area contributed by atoms with E-state index in [1.165, 1.54) is 17.7 Å². The van der Waals surface area contributed by atoms with Crippen molar-refractivity contribution in [3.63, 3.8) is 0 Å². The van der Waals surface area contributed by atoms with Crippen LogP contribution in [0.4, 0.5) is 24.5 Å². The molecule has 0 spiro atoms. The highest BCUT2D eigenvalue weighted by Gasteiger charge is 2.33. The normalized spacial score (nSPS) is 13.8. The first kappa shape index (κ1) is 31.9. The molecule has 1 atom stereocenters. The lowest BCUT2D eigenvalue weighted by atomic mass is 9.88. The minimum atomic E-state index is -4.86. The monoisotopic (exact) mass is 609 g/mol. The number of nitrogens with zero attached hydrogens (tertiary/aromatic N) is 1. The summed E-state index contributed by atoms with van der Waals surface area (Å²) in [5.74, 6) is -3.08. The van der Waals surface area contributed by atoms with E-state index in [-0.39, 0.29) is 30.6 Å². The number of allylic oxidation sites excluding steroid dienone is 2. The number of rotatable bonds is 11. The Kier molecular flexibility index (Phi) is 10.1. The van der Waals surface area contributed by atoms with Gasteiger partial charge in [-0.2, -0.15) is 13.2 Å². The number of hydrogen-bond donors (Lipinski definition) is 3. The Morgan fingerprint density at radius 1 is 0.977 bits per heavy atom. The van der Waals surface area contributed by atoms with Crippen molar-refractivity contribution in [1.82, 2.24) is 5.32 Å². The summed E-state index contributed by atoms with van der Waals surface area (Å²) >= 11 is 0. The van der Waals surface area contributed by atoms with Gasteiger partial charge in [-0.25, -0.2) is 0 Å². The summed E-state index contributed by atoms with van der Waals surface area (Å²) in [4.78, 5) is 47.0. The molecule has 0 saturated heterocycles. The smallest absolute Gasteiger partial charge is 0.416 e. The van der Waals surface area contributed by atoms with Crippen molar-refractivity contribution in [3.05, 3.63) is 111 Å². The van der Waals surface area contributed by atoms with Crippen molar-refractivity contribution >= 4 is 34.7 Å². The fraction of sp³-hybridized carbons (Fsp3) is 0.281. The van der Waals surface area contributed by atoms with Crippen molar-refractivity contribution in [2.24, 2.45) is 0 Å². The Bertz CT molecular complexity index is 1570. The quantitative estimate of drug-likeness (QED) is 0.163. The van der Waals surface area contributed by atoms with Crippen molar-refractivity contribution < 1.29 is 37.6 Å². The van der Waals surface area contributed by atoms with E-state index in [0.29, 0.717) is 23.3 Å². The van der Waals surface area contributed by atoms with Crippen LogP contribution in [0.5, 0.6) is 0 Å². The summed E-state index contributed by atoms with van der Waals surface area (Å²) in [6.45, 7) is -0.0429. The Morgan fingerprint density at radius 3 is 2.27 bits per heavy atom. The van der Waals surface area contributed by atoms with E-state index in [0.717, 1.165) is 37.3 Å². The van der Waals surface area contributed by atoms with Gasteiger partial charge in [0.15, 0.2) is 0 Å². The van der Waals surface area contributed by atoms with Gasteiger partial charge in [0.05, 0.1) is 22.8 Å². The number of non-ortho nitro benzene ring substituents is 1. The first-order chi connectivity index (χ1) is 20.9. The number of carbonyl (C=O) groups excluding carboxylic acids is 2. The van der Waals surface area contributed by atoms with Gasteiger partial charge in [-0.1, -0.05) is 42.5 Å². The SMILES string of the molecule is O=C(O)CCNC(=O)c1ccc(CC(C(=O)Nc2cc([N+](=O)[O-])cc(C(F)(F)F)c2)c2ccc(C3=CCCCC3)cc2)cc1. The van der Waals surface area contributed by atoms with Crippen LogP contribution in [0.1, 0.15) is 70.6 Å². The van der Waals surface area contributed by atoms with Crippen molar-refractivity contribution in [2.75, 3.05) is 11.9 Å². The van der Waals surface area contributed by atoms with Gasteiger partial charge >= 0.3 is 12.1 Å². The molecule has 0 saturated carbocycles. The first-order valence-corrected chi connectivity index (χ1v) is 14.0. The largest absolute Gasteiger partial charge is 0.481 e. The number of carboxylic acid groups (broad SMARTS) is 1. The molecule has 230 valence electrons. The minimum absolute atomic E-state index is 0.0429. The average Bonchev–Trinajstić information content (AvgIpc) is 3.00. The number of nitro benzene ring substituents is 1. The van der Waals surface area contributed by atoms with E-state index in [1.54, 1.807) is 24.3 Å². The van der Waals surface area contributed by atoms with Gasteiger partial charge in [-0.15, -0.1) is 0 Å². The summed E-state index contributed by atoms with van der Waals surface area (Å²) < 4.78 is 40.4. The lowest BCUT2D eigenvalue weighted by Crippen LogP contribution is -2.26. The lowest BCUT2D eigenvalue weighted by Gasteiger charge is -2.20. The maximum Gasteiger partial charge on any atom is 0.416 e. The number of anilines is 1. The zero-order chi connectivity index (χ0) is 31.9. The van der Waals surface area contributed by atoms with Crippen molar-refractivity contribution in [3.8, 4) is 0 Å². The molecule has 4 rings (SSSR count). The summed E-state index contributed by atoms with van der Waals surface area (Å²) in [5.41, 5.74) is 1.29. The number of carboxylic acids is 1. The predicted molar refractivity (Wildman–Crippen MR) is 157 cm³/mol. The van der Waals surface area contributed by atoms with E-state index >= 15 is 0 Å². The number of nitro groups is 1. The average molecular weight is 610 g/mol. The minimum Gasteiger partial charge on any atom is -0.481 e. The van der Waals surface area contributed by atoms with Gasteiger partial charge in [-0.3, -0.25) is 24.5 Å². The molecular formula is C32H30F3N3O6. The van der Waals surface area contributed by atoms with Gasteiger partial charge in [0, 0.05) is 29.9 Å². The molecule has 0 fully saturated rings. The van der Waals surface area contributed by atoms with Crippen LogP contribution in [-0.2, 0) is 22.2 Å². The third-order valence-corrected chi connectivity index (χ3v) is 7.30. The third kappa shape index (κ3) is 8.52. The van der Waals surface area contributed by atoms with Gasteiger partial charge in [0.25, 0.3) is 11.6 Å². The van der Waals surface area contributed by atoms with Crippen LogP contribution in [-0.4, -0.2) is 34.4 Å². The molecule has 3 aromatic carbocycles. The molecule has 0 heterocycles. The zero-order valence-electron chi connectivity index (χ0n) is 23.5. The number of aliphatic carboxylic acids is 1. The van der Waals surface area contributed by atoms with Crippen LogP contribution < -0.4 is 10.6 Å². The van der Waals surface area contributed by atoms with Crippen LogP contribution in [0.2, 0.25) is 0 Å². The van der Waals surface area contributed by atoms with Gasteiger partial charge < -0.3 is 15.7 Å². The van der Waals surface area contributed by atoms with Crippen molar-refractivity contribution in [1.29, 1.82) is 0 Å². The molecular weight excluding hydrogens is 579 g/mol. The molecule has 0 bridgehead atoms. The number of hydrogen-bond acceptors (Lipinski definition) is 5. The summed E-state index contributed by atoms with van der Waals surface area (Å²) in [7, 11) is 0. The van der Waals surface area contributed by atoms with Crippen molar-refractivity contribution in [2.45, 2.75) is 50.6 Å². The molecule has 0 radical (unpaired) electrons. The lowest BCUT2D eigenvalue weighted by molar-refractivity contribution is -0.385. The molecule has 3 N–H and O–H groups in total. The molecule has 1 unspecified atom stereocenters. The maximum atomic E-state index is 13.6. The van der Waals surface area contributed by atoms with E-state index < -0.39 is 46.1 Å². The number of carbonyl (C=O) groups is 3. The van der Waals surface area contributed by atoms with Gasteiger partial charge in [-0.05, 0) is 72.6 Å². The van der Waals surface area contributed by atoms with Gasteiger partial charge in [0.1, 0.15) is 0 Å². The summed E-state index contributed by atoms with van der Waals surface area (Å²) in [5, 5.41) is 25.0. The Balaban J connectivity index is 1.61. The number of alkyl halides is 3. The number of benzene rings is 3. The van der Waals surface area contributed by atoms with E-state index in [4.69, 9.17) is 5.11 Å². The van der Waals surface area contributed by atoms with Crippen LogP contribution >= 0.6 is 0 Å². The zero-order valence-corrected chi connectivity index (χ0v) is 23.5. The first-order valence-electron chi connectivity index (χ1n) is 14.0. The van der Waals surface area contributed by atoms with Crippen LogP contribution in [0, 0.1) is 10.1 Å². The van der Waals surface area contributed by atoms with Crippen LogP contribution in [0.15, 0.2) is 72.8 Å². The highest BCUT2D eigenvalue weighted by Crippen LogP contribution is 2.35. The molecule has 44 heavy (non-hydrogen) atoms. The standard InChI is InChI=1S/C32H30F3N3O6/c33-32(34,35)25-17-26(19-27(18-25)38(43)44)37-31(42)28(23-12-10-22(11-13-23)21-4-2-1-3-5-21)16-20-6-8-24(9-7-20)30(41)36-15-14-29(39)40/h4,6-13,17-19,28H,1-3,5,14-16H2,(H,36,41)(H,37,42)(H,39,40). The third-order valence-electron chi connectivity index (χ3n) is 7.30. The topological polar surface area (TPSA) is 139 Å². The molecule has 1 aliphatic rings. The second-order valence-corrected chi connectivity index (χ2v) is 10.5. The fourth-order valence-electron chi connectivity index (χ4n) is 4.99. The Morgan fingerprint density at radius 2 is 1.68 bits per heavy atom. The highest BCUT2D eigenvalue weighted by atomic mass is 19.4. The number of halogens is 3. The molecule has 3 aromatic rings. The second-order valence-electron chi connectivity index (χ2n) is 10.5. The van der Waals surface area contributed by atoms with E-state index in [2.05, 4.69) is 16.7 Å². The second kappa shape index (κ2) is 14.0. The maximum absolute atomic E-state index is 13.6. The molecule has 0 aromatic heterocycles. The molecule has 9 nitrogen and oxygen atoms in total. The van der Waals surface area contributed by atoms with Crippen LogP contribution in [0.3, 0.4) is 0 Å². The molecule has 1 aliphatic carbocycles. The Labute approximate surface area is 250 Å². The highest BCUT2D eigenvalue weighted by molar-refractivity contribution is 5.97. The summed E-state index contributed by atoms with van der Waals surface area (Å²) in [6, 6.07) is 15.6. The molecule has 2 amide bonds. The fourth-order valence-corrected chi connectivity index (χ4v) is 4.99. The number of nitrogens with one attached hydrogen (secondary N) is 2. The Hall–Kier alpha value is -5.00. The predicted octanol–water partition coefficient (Wildman–Crippen LogP) is 6.74. The molecule has 12 heteroatoms. The van der Waals surface area contributed by atoms with E-state index in [1.807, 2.05) is 12.1 Å². The molecule has 0 aliphatic heterocycles.